The maximum absolute atomic E-state index is 5.78. The molecule has 0 unspecified atom stereocenters. The molecule has 2 aromatic rings. The summed E-state index contributed by atoms with van der Waals surface area (Å²) in [6.45, 7) is 10.9. The Morgan fingerprint density at radius 2 is 1.97 bits per heavy atom. The van der Waals surface area contributed by atoms with Crippen molar-refractivity contribution in [3.8, 4) is 11.5 Å². The van der Waals surface area contributed by atoms with Gasteiger partial charge in [0.15, 0.2) is 5.96 Å². The number of nitrogens with one attached hydrogen (secondary N) is 2. The molecule has 1 heterocycles. The molecule has 0 radical (unpaired) electrons. The predicted molar refractivity (Wildman–Crippen MR) is 127 cm³/mol. The molecular weight excluding hydrogens is 483 g/mol. The van der Waals surface area contributed by atoms with Gasteiger partial charge in [0.1, 0.15) is 23.8 Å². The molecule has 0 aliphatic heterocycles. The fraction of sp³-hybridized carbons (Fsp3) is 0.524. The maximum atomic E-state index is 5.78. The highest BCUT2D eigenvalue weighted by Crippen LogP contribution is 2.22. The largest absolute Gasteiger partial charge is 0.497 e. The minimum Gasteiger partial charge on any atom is -0.497 e. The zero-order chi connectivity index (χ0) is 20.4. The number of aromatic nitrogens is 1. The zero-order valence-corrected chi connectivity index (χ0v) is 20.3. The third kappa shape index (κ3) is 8.93. The molecule has 0 fully saturated rings. The van der Waals surface area contributed by atoms with E-state index in [-0.39, 0.29) is 29.4 Å². The van der Waals surface area contributed by atoms with Crippen molar-refractivity contribution in [3.05, 3.63) is 42.1 Å². The molecule has 0 spiro atoms. The van der Waals surface area contributed by atoms with Crippen LogP contribution in [0.5, 0.6) is 11.5 Å². The molecule has 0 amide bonds. The highest BCUT2D eigenvalue weighted by atomic mass is 127. The van der Waals surface area contributed by atoms with Gasteiger partial charge in [0.25, 0.3) is 0 Å². The van der Waals surface area contributed by atoms with Crippen molar-refractivity contribution in [1.29, 1.82) is 0 Å². The van der Waals surface area contributed by atoms with E-state index in [0.29, 0.717) is 19.0 Å². The second kappa shape index (κ2) is 12.6. The first-order valence-electron chi connectivity index (χ1n) is 9.66. The van der Waals surface area contributed by atoms with E-state index in [1.165, 1.54) is 0 Å². The number of guanidine groups is 1. The first-order chi connectivity index (χ1) is 13.4. The summed E-state index contributed by atoms with van der Waals surface area (Å²) in [4.78, 5) is 8.85. The van der Waals surface area contributed by atoms with Crippen LogP contribution in [0.25, 0.3) is 0 Å². The number of oxazole rings is 1. The first kappa shape index (κ1) is 25.1. The molecule has 2 rings (SSSR count). The number of halogens is 1. The van der Waals surface area contributed by atoms with Gasteiger partial charge in [-0.1, -0.05) is 26.8 Å². The minimum atomic E-state index is -0.0551. The fourth-order valence-electron chi connectivity index (χ4n) is 2.38. The lowest BCUT2D eigenvalue weighted by atomic mass is 9.94. The van der Waals surface area contributed by atoms with Gasteiger partial charge in [0, 0.05) is 24.6 Å². The molecule has 7 nitrogen and oxygen atoms in total. The van der Waals surface area contributed by atoms with Gasteiger partial charge in [0.2, 0.25) is 5.89 Å². The minimum absolute atomic E-state index is 0. The topological polar surface area (TPSA) is 80.9 Å². The molecule has 2 N–H and O–H groups in total. The summed E-state index contributed by atoms with van der Waals surface area (Å²) in [5, 5.41) is 6.53. The van der Waals surface area contributed by atoms with Gasteiger partial charge in [-0.25, -0.2) is 9.98 Å². The van der Waals surface area contributed by atoms with E-state index in [9.17, 15) is 0 Å². The molecule has 0 saturated heterocycles. The summed E-state index contributed by atoms with van der Waals surface area (Å²) in [6.07, 6.45) is 2.62. The molecule has 0 saturated carbocycles. The lowest BCUT2D eigenvalue weighted by Crippen LogP contribution is -2.38. The van der Waals surface area contributed by atoms with Gasteiger partial charge < -0.3 is 24.5 Å². The monoisotopic (exact) mass is 516 g/mol. The second-order valence-electron chi connectivity index (χ2n) is 7.37. The van der Waals surface area contributed by atoms with Crippen LogP contribution < -0.4 is 20.1 Å². The highest BCUT2D eigenvalue weighted by molar-refractivity contribution is 14.0. The Morgan fingerprint density at radius 1 is 1.21 bits per heavy atom. The van der Waals surface area contributed by atoms with Crippen molar-refractivity contribution in [1.82, 2.24) is 15.6 Å². The van der Waals surface area contributed by atoms with E-state index in [1.807, 2.05) is 31.2 Å². The predicted octanol–water partition coefficient (Wildman–Crippen LogP) is 4.12. The Morgan fingerprint density at radius 3 is 2.62 bits per heavy atom. The molecule has 1 aromatic carbocycles. The summed E-state index contributed by atoms with van der Waals surface area (Å²) in [5.74, 6) is 3.81. The van der Waals surface area contributed by atoms with E-state index in [0.717, 1.165) is 42.7 Å². The number of ether oxygens (including phenoxy) is 2. The van der Waals surface area contributed by atoms with E-state index >= 15 is 0 Å². The molecule has 0 atom stereocenters. The number of methoxy groups -OCH3 is 1. The first-order valence-corrected chi connectivity index (χ1v) is 9.66. The molecular formula is C21H33IN4O3. The Labute approximate surface area is 190 Å². The molecule has 0 aliphatic carbocycles. The van der Waals surface area contributed by atoms with E-state index in [4.69, 9.17) is 13.9 Å². The Bertz CT molecular complexity index is 756. The van der Waals surface area contributed by atoms with Crippen molar-refractivity contribution in [2.75, 3.05) is 26.8 Å². The summed E-state index contributed by atoms with van der Waals surface area (Å²) in [7, 11) is 1.65. The van der Waals surface area contributed by atoms with Crippen LogP contribution in [0.4, 0.5) is 0 Å². The zero-order valence-electron chi connectivity index (χ0n) is 17.9. The molecule has 29 heavy (non-hydrogen) atoms. The van der Waals surface area contributed by atoms with Crippen LogP contribution in [0.15, 0.2) is 39.9 Å². The lowest BCUT2D eigenvalue weighted by molar-refractivity contribution is 0.308. The number of benzene rings is 1. The Balaban J connectivity index is 0.00000420. The van der Waals surface area contributed by atoms with Crippen LogP contribution in [-0.4, -0.2) is 37.7 Å². The molecule has 0 bridgehead atoms. The third-order valence-electron chi connectivity index (χ3n) is 3.93. The van der Waals surface area contributed by atoms with Crippen molar-refractivity contribution in [2.24, 2.45) is 4.99 Å². The van der Waals surface area contributed by atoms with Crippen molar-refractivity contribution in [2.45, 2.75) is 46.1 Å². The van der Waals surface area contributed by atoms with E-state index in [2.05, 4.69) is 41.4 Å². The number of rotatable bonds is 9. The molecule has 1 aromatic heterocycles. The van der Waals surface area contributed by atoms with Crippen molar-refractivity contribution in [3.63, 3.8) is 0 Å². The van der Waals surface area contributed by atoms with Crippen molar-refractivity contribution < 1.29 is 13.9 Å². The SMILES string of the molecule is CCNC(=NCc1ncc(C(C)(C)C)o1)NCCCOc1cccc(OC)c1.I. The smallest absolute Gasteiger partial charge is 0.216 e. The van der Waals surface area contributed by atoms with Crippen LogP contribution >= 0.6 is 24.0 Å². The molecule has 162 valence electrons. The maximum Gasteiger partial charge on any atom is 0.216 e. The highest BCUT2D eigenvalue weighted by Gasteiger charge is 2.18. The number of nitrogens with zero attached hydrogens (tertiary/aromatic N) is 2. The summed E-state index contributed by atoms with van der Waals surface area (Å²) in [6, 6.07) is 7.60. The lowest BCUT2D eigenvalue weighted by Gasteiger charge is -2.13. The molecule has 0 aliphatic rings. The van der Waals surface area contributed by atoms with Crippen LogP contribution in [0.2, 0.25) is 0 Å². The normalized spacial score (nSPS) is 11.6. The second-order valence-corrected chi connectivity index (χ2v) is 7.37. The van der Waals surface area contributed by atoms with Crippen LogP contribution in [0.3, 0.4) is 0 Å². The number of hydrogen-bond donors (Lipinski definition) is 2. The summed E-state index contributed by atoms with van der Waals surface area (Å²) >= 11 is 0. The third-order valence-corrected chi connectivity index (χ3v) is 3.93. The van der Waals surface area contributed by atoms with E-state index < -0.39 is 0 Å². The summed E-state index contributed by atoms with van der Waals surface area (Å²) < 4.78 is 16.7. The van der Waals surface area contributed by atoms with Gasteiger partial charge >= 0.3 is 0 Å². The summed E-state index contributed by atoms with van der Waals surface area (Å²) in [5.41, 5.74) is -0.0551. The van der Waals surface area contributed by atoms with Crippen molar-refractivity contribution >= 4 is 29.9 Å². The average molecular weight is 516 g/mol. The van der Waals surface area contributed by atoms with Gasteiger partial charge in [-0.3, -0.25) is 0 Å². The van der Waals surface area contributed by atoms with Gasteiger partial charge in [-0.05, 0) is 25.5 Å². The van der Waals surface area contributed by atoms with Gasteiger partial charge in [-0.2, -0.15) is 0 Å². The van der Waals surface area contributed by atoms with Crippen LogP contribution in [0, 0.1) is 0 Å². The van der Waals surface area contributed by atoms with Gasteiger partial charge in [-0.15, -0.1) is 24.0 Å². The number of aliphatic imine (C=N–C) groups is 1. The number of hydrogen-bond acceptors (Lipinski definition) is 5. The van der Waals surface area contributed by atoms with Gasteiger partial charge in [0.05, 0.1) is 19.9 Å². The fourth-order valence-corrected chi connectivity index (χ4v) is 2.38. The van der Waals surface area contributed by atoms with Crippen LogP contribution in [0.1, 0.15) is 45.8 Å². The standard InChI is InChI=1S/C21H32N4O3.HI/c1-6-22-20(25-15-19-24-14-18(28-19)21(2,3)4)23-11-8-12-27-17-10-7-9-16(13-17)26-5;/h7,9-10,13-14H,6,8,11-12,15H2,1-5H3,(H2,22,23,25);1H. The Hall–Kier alpha value is -1.97. The quantitative estimate of drug-likeness (QED) is 0.226. The van der Waals surface area contributed by atoms with E-state index in [1.54, 1.807) is 13.3 Å². The molecule has 8 heteroatoms. The van der Waals surface area contributed by atoms with Crippen LogP contribution in [-0.2, 0) is 12.0 Å². The Kier molecular flexibility index (Phi) is 10.9. The average Bonchev–Trinajstić information content (AvgIpc) is 3.15.